The van der Waals surface area contributed by atoms with E-state index in [4.69, 9.17) is 0 Å². The number of rotatable bonds is 8. The monoisotopic (exact) mass is 289 g/mol. The van der Waals surface area contributed by atoms with Crippen LogP contribution in [0.15, 0.2) is 35.7 Å². The minimum Gasteiger partial charge on any atom is -0.311 e. The predicted molar refractivity (Wildman–Crippen MR) is 86.0 cm³/mol. The molecule has 3 nitrogen and oxygen atoms in total. The number of thiophene rings is 1. The first-order valence-corrected chi connectivity index (χ1v) is 8.04. The van der Waals surface area contributed by atoms with Crippen molar-refractivity contribution in [2.24, 2.45) is 0 Å². The van der Waals surface area contributed by atoms with Crippen LogP contribution in [0.4, 0.5) is 0 Å². The van der Waals surface area contributed by atoms with Gasteiger partial charge in [-0.1, -0.05) is 19.1 Å². The molecule has 0 amide bonds. The number of aromatic nitrogens is 1. The summed E-state index contributed by atoms with van der Waals surface area (Å²) in [5.74, 6) is 0. The lowest BCUT2D eigenvalue weighted by Gasteiger charge is -2.20. The first kappa shape index (κ1) is 15.2. The Bertz CT molecular complexity index is 496. The Morgan fingerprint density at radius 2 is 2.15 bits per heavy atom. The molecule has 0 aliphatic heterocycles. The van der Waals surface area contributed by atoms with Gasteiger partial charge in [-0.3, -0.25) is 9.88 Å². The predicted octanol–water partition coefficient (Wildman–Crippen LogP) is 3.06. The minimum absolute atomic E-state index is 0.929. The Kier molecular flexibility index (Phi) is 6.18. The normalized spacial score (nSPS) is 11.2. The van der Waals surface area contributed by atoms with Gasteiger partial charge in [-0.2, -0.15) is 0 Å². The summed E-state index contributed by atoms with van der Waals surface area (Å²) < 4.78 is 0. The van der Waals surface area contributed by atoms with Gasteiger partial charge in [0.05, 0.1) is 5.69 Å². The van der Waals surface area contributed by atoms with Crippen LogP contribution < -0.4 is 5.32 Å². The van der Waals surface area contributed by atoms with Crippen LogP contribution >= 0.6 is 11.3 Å². The lowest BCUT2D eigenvalue weighted by atomic mass is 10.3. The molecule has 4 heteroatoms. The number of likely N-dealkylation sites (N-methyl/N-ethyl adjacent to an activating group) is 1. The van der Waals surface area contributed by atoms with E-state index in [1.165, 1.54) is 4.88 Å². The van der Waals surface area contributed by atoms with E-state index in [1.807, 2.05) is 13.0 Å². The molecule has 0 aliphatic rings. The maximum absolute atomic E-state index is 4.57. The van der Waals surface area contributed by atoms with E-state index in [2.05, 4.69) is 51.8 Å². The molecule has 0 spiro atoms. The third kappa shape index (κ3) is 5.04. The van der Waals surface area contributed by atoms with Crippen LogP contribution in [0, 0.1) is 6.92 Å². The Morgan fingerprint density at radius 1 is 1.25 bits per heavy atom. The van der Waals surface area contributed by atoms with Gasteiger partial charge < -0.3 is 5.32 Å². The topological polar surface area (TPSA) is 28.2 Å². The molecule has 2 aromatic heterocycles. The molecule has 0 aromatic carbocycles. The molecule has 2 aromatic rings. The van der Waals surface area contributed by atoms with E-state index in [-0.39, 0.29) is 0 Å². The van der Waals surface area contributed by atoms with E-state index in [0.717, 1.165) is 44.1 Å². The maximum atomic E-state index is 4.57. The van der Waals surface area contributed by atoms with Gasteiger partial charge in [0.1, 0.15) is 0 Å². The van der Waals surface area contributed by atoms with E-state index in [1.54, 1.807) is 11.3 Å². The summed E-state index contributed by atoms with van der Waals surface area (Å²) in [6.45, 7) is 9.26. The molecule has 1 N–H and O–H groups in total. The number of nitrogens with zero attached hydrogens (tertiary/aromatic N) is 2. The molecule has 20 heavy (non-hydrogen) atoms. The van der Waals surface area contributed by atoms with Crippen molar-refractivity contribution in [2.45, 2.75) is 26.9 Å². The van der Waals surface area contributed by atoms with Crippen LogP contribution in [0.25, 0.3) is 0 Å². The molecule has 2 heterocycles. The van der Waals surface area contributed by atoms with Gasteiger partial charge in [-0.05, 0) is 37.0 Å². The molecule has 0 aliphatic carbocycles. The van der Waals surface area contributed by atoms with Crippen LogP contribution in [0.3, 0.4) is 0 Å². The van der Waals surface area contributed by atoms with Crippen molar-refractivity contribution in [3.8, 4) is 0 Å². The summed E-state index contributed by atoms with van der Waals surface area (Å²) in [4.78, 5) is 8.39. The smallest absolute Gasteiger partial charge is 0.0547 e. The number of hydrogen-bond donors (Lipinski definition) is 1. The Morgan fingerprint density at radius 3 is 2.85 bits per heavy atom. The standard InChI is InChI=1S/C16H23N3S/c1-3-19(13-15-7-4-6-14(2)18-15)10-9-17-12-16-8-5-11-20-16/h4-8,11,17H,3,9-10,12-13H2,1-2H3. The van der Waals surface area contributed by atoms with Gasteiger partial charge >= 0.3 is 0 Å². The van der Waals surface area contributed by atoms with E-state index < -0.39 is 0 Å². The summed E-state index contributed by atoms with van der Waals surface area (Å²) >= 11 is 1.81. The fraction of sp³-hybridized carbons (Fsp3) is 0.438. The van der Waals surface area contributed by atoms with Crippen molar-refractivity contribution in [3.63, 3.8) is 0 Å². The molecular weight excluding hydrogens is 266 g/mol. The zero-order chi connectivity index (χ0) is 14.2. The SMILES string of the molecule is CCN(CCNCc1cccs1)Cc1cccc(C)n1. The average molecular weight is 289 g/mol. The van der Waals surface area contributed by atoms with E-state index in [9.17, 15) is 0 Å². The molecule has 0 bridgehead atoms. The van der Waals surface area contributed by atoms with Crippen molar-refractivity contribution in [1.82, 2.24) is 15.2 Å². The van der Waals surface area contributed by atoms with Crippen LogP contribution in [0.1, 0.15) is 23.2 Å². The maximum Gasteiger partial charge on any atom is 0.0547 e. The van der Waals surface area contributed by atoms with E-state index >= 15 is 0 Å². The summed E-state index contributed by atoms with van der Waals surface area (Å²) in [5, 5.41) is 5.62. The van der Waals surface area contributed by atoms with Gasteiger partial charge in [0, 0.05) is 36.8 Å². The second-order valence-electron chi connectivity index (χ2n) is 4.90. The van der Waals surface area contributed by atoms with Crippen LogP contribution in [0.5, 0.6) is 0 Å². The number of pyridine rings is 1. The van der Waals surface area contributed by atoms with Crippen molar-refractivity contribution in [3.05, 3.63) is 52.0 Å². The quantitative estimate of drug-likeness (QED) is 0.757. The number of aryl methyl sites for hydroxylation is 1. The van der Waals surface area contributed by atoms with Gasteiger partial charge in [0.15, 0.2) is 0 Å². The highest BCUT2D eigenvalue weighted by Crippen LogP contribution is 2.07. The Balaban J connectivity index is 1.72. The fourth-order valence-corrected chi connectivity index (χ4v) is 2.80. The summed E-state index contributed by atoms with van der Waals surface area (Å²) in [6.07, 6.45) is 0. The van der Waals surface area contributed by atoms with Crippen molar-refractivity contribution in [1.29, 1.82) is 0 Å². The Labute approximate surface area is 125 Å². The van der Waals surface area contributed by atoms with Crippen molar-refractivity contribution >= 4 is 11.3 Å². The van der Waals surface area contributed by atoms with E-state index in [0.29, 0.717) is 0 Å². The zero-order valence-corrected chi connectivity index (χ0v) is 13.1. The molecule has 0 saturated carbocycles. The van der Waals surface area contributed by atoms with Crippen molar-refractivity contribution in [2.75, 3.05) is 19.6 Å². The highest BCUT2D eigenvalue weighted by Gasteiger charge is 2.04. The lowest BCUT2D eigenvalue weighted by Crippen LogP contribution is -2.31. The van der Waals surface area contributed by atoms with Gasteiger partial charge in [-0.15, -0.1) is 11.3 Å². The largest absolute Gasteiger partial charge is 0.311 e. The molecule has 0 atom stereocenters. The second-order valence-corrected chi connectivity index (χ2v) is 5.93. The first-order valence-electron chi connectivity index (χ1n) is 7.16. The molecule has 0 saturated heterocycles. The molecular formula is C16H23N3S. The number of nitrogens with one attached hydrogen (secondary N) is 1. The second kappa shape index (κ2) is 8.15. The summed E-state index contributed by atoms with van der Waals surface area (Å²) in [7, 11) is 0. The van der Waals surface area contributed by atoms with Crippen LogP contribution in [0.2, 0.25) is 0 Å². The molecule has 0 radical (unpaired) electrons. The molecule has 0 fully saturated rings. The highest BCUT2D eigenvalue weighted by molar-refractivity contribution is 7.09. The number of hydrogen-bond acceptors (Lipinski definition) is 4. The zero-order valence-electron chi connectivity index (χ0n) is 12.3. The van der Waals surface area contributed by atoms with Gasteiger partial charge in [0.2, 0.25) is 0 Å². The average Bonchev–Trinajstić information content (AvgIpc) is 2.95. The third-order valence-corrected chi connectivity index (χ3v) is 4.14. The van der Waals surface area contributed by atoms with Crippen LogP contribution in [-0.2, 0) is 13.1 Å². The lowest BCUT2D eigenvalue weighted by molar-refractivity contribution is 0.275. The van der Waals surface area contributed by atoms with Gasteiger partial charge in [0.25, 0.3) is 0 Å². The van der Waals surface area contributed by atoms with Crippen molar-refractivity contribution < 1.29 is 0 Å². The molecule has 108 valence electrons. The fourth-order valence-electron chi connectivity index (χ4n) is 2.13. The summed E-state index contributed by atoms with van der Waals surface area (Å²) in [6, 6.07) is 10.5. The highest BCUT2D eigenvalue weighted by atomic mass is 32.1. The molecule has 0 unspecified atom stereocenters. The third-order valence-electron chi connectivity index (χ3n) is 3.26. The molecule has 2 rings (SSSR count). The van der Waals surface area contributed by atoms with Crippen LogP contribution in [-0.4, -0.2) is 29.5 Å². The Hall–Kier alpha value is -1.23. The minimum atomic E-state index is 0.929. The first-order chi connectivity index (χ1) is 9.78. The summed E-state index contributed by atoms with van der Waals surface area (Å²) in [5.41, 5.74) is 2.25. The van der Waals surface area contributed by atoms with Gasteiger partial charge in [-0.25, -0.2) is 0 Å².